The van der Waals surface area contributed by atoms with Gasteiger partial charge in [0.25, 0.3) is 11.5 Å². The largest absolute Gasteiger partial charge is 0.768 e. The van der Waals surface area contributed by atoms with Crippen LogP contribution in [0.1, 0.15) is 5.56 Å². The second kappa shape index (κ2) is 6.68. The Hall–Kier alpha value is -3.34. The lowest BCUT2D eigenvalue weighted by Gasteiger charge is -2.12. The Labute approximate surface area is 160 Å². The summed E-state index contributed by atoms with van der Waals surface area (Å²) in [5, 5.41) is 4.41. The van der Waals surface area contributed by atoms with Gasteiger partial charge in [0.15, 0.2) is 5.49 Å². The summed E-state index contributed by atoms with van der Waals surface area (Å²) in [5.41, 5.74) is 1.65. The first kappa shape index (κ1) is 18.0. The maximum Gasteiger partial charge on any atom is 0.281 e. The number of nitrogens with one attached hydrogen (secondary N) is 1. The lowest BCUT2D eigenvalue weighted by atomic mass is 10.0. The lowest BCUT2D eigenvalue weighted by Crippen LogP contribution is -2.35. The maximum atomic E-state index is 12.9. The van der Waals surface area contributed by atoms with Crippen LogP contribution in [-0.4, -0.2) is 31.5 Å². The number of carbonyl (C=O) groups is 1. The van der Waals surface area contributed by atoms with E-state index < -0.39 is 22.5 Å². The van der Waals surface area contributed by atoms with E-state index in [1.165, 1.54) is 34.0 Å². The lowest BCUT2D eigenvalue weighted by molar-refractivity contribution is -0.112. The number of benzene rings is 2. The molecule has 1 unspecified atom stereocenters. The van der Waals surface area contributed by atoms with Gasteiger partial charge in [0.1, 0.15) is 0 Å². The highest BCUT2D eigenvalue weighted by molar-refractivity contribution is 7.79. The Balaban J connectivity index is 1.87. The van der Waals surface area contributed by atoms with Crippen LogP contribution in [0.15, 0.2) is 63.2 Å². The molecule has 10 heteroatoms. The smallest absolute Gasteiger partial charge is 0.281 e. The van der Waals surface area contributed by atoms with Crippen molar-refractivity contribution < 1.29 is 13.6 Å². The van der Waals surface area contributed by atoms with Gasteiger partial charge in [0.05, 0.1) is 22.2 Å². The Kier molecular flexibility index (Phi) is 4.30. The highest BCUT2D eigenvalue weighted by atomic mass is 32.2. The van der Waals surface area contributed by atoms with Crippen molar-refractivity contribution in [2.45, 2.75) is 4.90 Å². The zero-order valence-electron chi connectivity index (χ0n) is 14.6. The van der Waals surface area contributed by atoms with Gasteiger partial charge in [-0.3, -0.25) is 18.9 Å². The normalized spacial score (nSPS) is 14.0. The van der Waals surface area contributed by atoms with E-state index in [2.05, 4.69) is 10.1 Å². The molecule has 1 atom stereocenters. The first-order valence-corrected chi connectivity index (χ1v) is 9.21. The van der Waals surface area contributed by atoms with Gasteiger partial charge in [-0.25, -0.2) is 10.5 Å². The van der Waals surface area contributed by atoms with Crippen molar-refractivity contribution in [1.29, 1.82) is 0 Å². The third-order valence-electron chi connectivity index (χ3n) is 4.40. The fourth-order valence-corrected chi connectivity index (χ4v) is 3.37. The topological polar surface area (TPSA) is 137 Å². The first-order valence-electron chi connectivity index (χ1n) is 8.14. The van der Waals surface area contributed by atoms with Crippen molar-refractivity contribution in [1.82, 2.24) is 9.78 Å². The van der Waals surface area contributed by atoms with Crippen LogP contribution in [0, 0.1) is 0 Å². The standard InChI is InChI=1S/C18H15N5O4S/c1-22(19)11-4-2-10(3-5-11)14-15-16(20-17(14)24)21-23(18(15)25)12-6-8-13(9-7-12)28(26)27/h2-9H,19H2,1H3,(H,26,27)(H,20,21,24)/p-1. The molecule has 142 valence electrons. The number of nitrogens with zero attached hydrogens (tertiary/aromatic N) is 3. The Morgan fingerprint density at radius 1 is 1.11 bits per heavy atom. The number of fused-ring (bicyclic) bond motifs is 1. The number of hydrazine groups is 1. The van der Waals surface area contributed by atoms with Crippen molar-refractivity contribution >= 4 is 28.2 Å². The van der Waals surface area contributed by atoms with Crippen LogP contribution in [0.3, 0.4) is 0 Å². The van der Waals surface area contributed by atoms with E-state index in [0.717, 1.165) is 5.69 Å². The van der Waals surface area contributed by atoms with E-state index in [0.29, 0.717) is 11.3 Å². The molecule has 1 aromatic heterocycles. The molecule has 4 rings (SSSR count). The maximum absolute atomic E-state index is 12.9. The Bertz CT molecular complexity index is 1290. The second-order valence-electron chi connectivity index (χ2n) is 6.15. The molecule has 0 saturated heterocycles. The molecule has 28 heavy (non-hydrogen) atoms. The number of anilines is 1. The van der Waals surface area contributed by atoms with E-state index in [-0.39, 0.29) is 21.2 Å². The van der Waals surface area contributed by atoms with Crippen LogP contribution in [0.2, 0.25) is 0 Å². The number of nitrogens with two attached hydrogens (primary N) is 1. The van der Waals surface area contributed by atoms with Gasteiger partial charge < -0.3 is 9.56 Å². The van der Waals surface area contributed by atoms with Crippen molar-refractivity contribution in [3.05, 3.63) is 75.2 Å². The van der Waals surface area contributed by atoms with E-state index in [4.69, 9.17) is 5.84 Å². The van der Waals surface area contributed by atoms with Crippen molar-refractivity contribution in [2.75, 3.05) is 12.1 Å². The molecular formula is C18H14N5O4S-. The number of amides is 1. The van der Waals surface area contributed by atoms with Gasteiger partial charge in [0, 0.05) is 11.9 Å². The number of hydrogen-bond donors (Lipinski definition) is 2. The predicted octanol–water partition coefficient (Wildman–Crippen LogP) is -0.928. The first-order chi connectivity index (χ1) is 13.4. The Morgan fingerprint density at radius 3 is 2.32 bits per heavy atom. The van der Waals surface area contributed by atoms with Crippen molar-refractivity contribution in [3.8, 4) is 5.69 Å². The molecule has 1 aliphatic rings. The molecule has 2 heterocycles. The van der Waals surface area contributed by atoms with Gasteiger partial charge in [-0.1, -0.05) is 12.1 Å². The van der Waals surface area contributed by atoms with Crippen LogP contribution in [0.4, 0.5) is 5.69 Å². The van der Waals surface area contributed by atoms with E-state index in [9.17, 15) is 18.4 Å². The number of aromatic nitrogens is 2. The SMILES string of the molecule is CN(N)c1ccc(C2=c3c([nH]n(-c4ccc(S(=O)[O-])cc4)c3=O)=NC2=O)cc1. The van der Waals surface area contributed by atoms with Crippen LogP contribution in [-0.2, 0) is 15.9 Å². The second-order valence-corrected chi connectivity index (χ2v) is 7.10. The summed E-state index contributed by atoms with van der Waals surface area (Å²) in [6, 6.07) is 12.6. The van der Waals surface area contributed by atoms with E-state index in [1.54, 1.807) is 31.3 Å². The molecule has 0 aliphatic carbocycles. The minimum atomic E-state index is -2.36. The molecule has 0 radical (unpaired) electrons. The number of rotatable bonds is 4. The minimum Gasteiger partial charge on any atom is -0.768 e. The third-order valence-corrected chi connectivity index (χ3v) is 5.06. The average Bonchev–Trinajstić information content (AvgIpc) is 3.17. The summed E-state index contributed by atoms with van der Waals surface area (Å²) in [4.78, 5) is 29.3. The van der Waals surface area contributed by atoms with Crippen molar-refractivity contribution in [3.63, 3.8) is 0 Å². The van der Waals surface area contributed by atoms with Crippen LogP contribution < -0.4 is 27.1 Å². The minimum absolute atomic E-state index is 0.105. The third kappa shape index (κ3) is 2.89. The summed E-state index contributed by atoms with van der Waals surface area (Å²) < 4.78 is 23.2. The molecule has 1 aliphatic heterocycles. The fourth-order valence-electron chi connectivity index (χ4n) is 3.02. The summed E-state index contributed by atoms with van der Waals surface area (Å²) in [7, 11) is 1.69. The highest BCUT2D eigenvalue weighted by Gasteiger charge is 2.23. The highest BCUT2D eigenvalue weighted by Crippen LogP contribution is 2.18. The Morgan fingerprint density at radius 2 is 1.75 bits per heavy atom. The number of H-pyrrole nitrogens is 1. The molecular weight excluding hydrogens is 382 g/mol. The summed E-state index contributed by atoms with van der Waals surface area (Å²) in [6.07, 6.45) is 0. The summed E-state index contributed by atoms with van der Waals surface area (Å²) in [6.45, 7) is 0. The van der Waals surface area contributed by atoms with E-state index >= 15 is 0 Å². The molecule has 3 aromatic rings. The molecule has 1 amide bonds. The molecule has 2 aromatic carbocycles. The fraction of sp³-hybridized carbons (Fsp3) is 0.0556. The molecule has 9 nitrogen and oxygen atoms in total. The summed E-state index contributed by atoms with van der Waals surface area (Å²) in [5.74, 6) is 5.18. The summed E-state index contributed by atoms with van der Waals surface area (Å²) >= 11 is -2.36. The van der Waals surface area contributed by atoms with Gasteiger partial charge in [-0.05, 0) is 53.0 Å². The molecule has 3 N–H and O–H groups in total. The molecule has 0 spiro atoms. The number of hydrogen-bond acceptors (Lipinski definition) is 6. The van der Waals surface area contributed by atoms with Gasteiger partial charge >= 0.3 is 0 Å². The molecule has 0 saturated carbocycles. The predicted molar refractivity (Wildman–Crippen MR) is 101 cm³/mol. The van der Waals surface area contributed by atoms with Gasteiger partial charge in [0.2, 0.25) is 0 Å². The van der Waals surface area contributed by atoms with Crippen LogP contribution in [0.5, 0.6) is 0 Å². The number of carbonyl (C=O) groups excluding carboxylic acids is 1. The quantitative estimate of drug-likeness (QED) is 0.332. The zero-order valence-corrected chi connectivity index (χ0v) is 15.4. The monoisotopic (exact) mass is 396 g/mol. The van der Waals surface area contributed by atoms with Gasteiger partial charge in [-0.2, -0.15) is 4.99 Å². The average molecular weight is 396 g/mol. The molecule has 0 bridgehead atoms. The van der Waals surface area contributed by atoms with Gasteiger partial charge in [-0.15, -0.1) is 0 Å². The van der Waals surface area contributed by atoms with E-state index in [1.807, 2.05) is 0 Å². The van der Waals surface area contributed by atoms with Crippen LogP contribution in [0.25, 0.3) is 11.3 Å². The van der Waals surface area contributed by atoms with Crippen molar-refractivity contribution in [2.24, 2.45) is 10.8 Å². The van der Waals surface area contributed by atoms with Crippen LogP contribution >= 0.6 is 0 Å². The zero-order chi connectivity index (χ0) is 20.0. The number of aromatic amines is 1. The molecule has 0 fully saturated rings.